The van der Waals surface area contributed by atoms with Crippen LogP contribution in [0.25, 0.3) is 0 Å². The zero-order chi connectivity index (χ0) is 11.6. The number of aromatic nitrogens is 1. The first-order chi connectivity index (χ1) is 7.84. The molecular formula is C12H18N2OS. The van der Waals surface area contributed by atoms with Gasteiger partial charge in [0.2, 0.25) is 0 Å². The number of nitrogens with one attached hydrogen (secondary N) is 1. The van der Waals surface area contributed by atoms with E-state index in [1.807, 2.05) is 30.1 Å². The van der Waals surface area contributed by atoms with Crippen molar-refractivity contribution in [3.63, 3.8) is 0 Å². The first-order valence-corrected chi connectivity index (χ1v) is 6.55. The first-order valence-electron chi connectivity index (χ1n) is 5.39. The molecule has 0 aromatic carbocycles. The summed E-state index contributed by atoms with van der Waals surface area (Å²) in [6, 6.07) is 5.22. The number of nitrogens with zero attached hydrogens (tertiary/aromatic N) is 1. The van der Waals surface area contributed by atoms with Crippen LogP contribution in [0, 0.1) is 0 Å². The summed E-state index contributed by atoms with van der Waals surface area (Å²) in [5.74, 6) is 2.08. The fraction of sp³-hybridized carbons (Fsp3) is 0.417. The van der Waals surface area contributed by atoms with Gasteiger partial charge in [0.05, 0.1) is 0 Å². The summed E-state index contributed by atoms with van der Waals surface area (Å²) in [6.45, 7) is 6.20. The maximum absolute atomic E-state index is 11.3. The quantitative estimate of drug-likeness (QED) is 0.548. The third kappa shape index (κ3) is 5.19. The molecule has 1 rings (SSSR count). The molecule has 1 aromatic rings. The highest BCUT2D eigenvalue weighted by Crippen LogP contribution is 1.96. The highest BCUT2D eigenvalue weighted by atomic mass is 32.2. The number of thioether (sulfide) groups is 1. The molecule has 0 radical (unpaired) electrons. The van der Waals surface area contributed by atoms with E-state index in [4.69, 9.17) is 0 Å². The normalized spacial score (nSPS) is 10.2. The third-order valence-electron chi connectivity index (χ3n) is 2.09. The summed E-state index contributed by atoms with van der Waals surface area (Å²) in [4.78, 5) is 11.3. The molecule has 4 heteroatoms. The van der Waals surface area contributed by atoms with Crippen molar-refractivity contribution < 1.29 is 0 Å². The standard InChI is InChI=1S/C12H18N2OS/c1-2-10-16-11-7-13-6-9-14-8-4-3-5-12(14)15/h2-5,8,13H,1,6-7,9-11H2. The van der Waals surface area contributed by atoms with E-state index in [0.29, 0.717) is 0 Å². The number of hydrogen-bond donors (Lipinski definition) is 1. The molecule has 0 spiro atoms. The zero-order valence-corrected chi connectivity index (χ0v) is 10.2. The van der Waals surface area contributed by atoms with Crippen LogP contribution in [0.2, 0.25) is 0 Å². The topological polar surface area (TPSA) is 34.0 Å². The van der Waals surface area contributed by atoms with Gasteiger partial charge in [0.1, 0.15) is 0 Å². The van der Waals surface area contributed by atoms with E-state index in [-0.39, 0.29) is 5.56 Å². The molecule has 0 bridgehead atoms. The molecule has 0 amide bonds. The third-order valence-corrected chi connectivity index (χ3v) is 3.05. The van der Waals surface area contributed by atoms with Gasteiger partial charge < -0.3 is 9.88 Å². The van der Waals surface area contributed by atoms with Crippen LogP contribution < -0.4 is 10.9 Å². The van der Waals surface area contributed by atoms with E-state index < -0.39 is 0 Å². The van der Waals surface area contributed by atoms with Crippen molar-refractivity contribution in [3.8, 4) is 0 Å². The fourth-order valence-electron chi connectivity index (χ4n) is 1.28. The first kappa shape index (κ1) is 13.1. The fourth-order valence-corrected chi connectivity index (χ4v) is 1.90. The van der Waals surface area contributed by atoms with E-state index in [1.54, 1.807) is 16.7 Å². The molecule has 1 N–H and O–H groups in total. The molecule has 0 unspecified atom stereocenters. The molecule has 0 aliphatic carbocycles. The molecular weight excluding hydrogens is 220 g/mol. The summed E-state index contributed by atoms with van der Waals surface area (Å²) in [5.41, 5.74) is 0.0605. The van der Waals surface area contributed by atoms with E-state index in [1.165, 1.54) is 0 Å². The lowest BCUT2D eigenvalue weighted by Gasteiger charge is -2.06. The molecule has 0 aliphatic heterocycles. The Morgan fingerprint density at radius 2 is 2.31 bits per heavy atom. The van der Waals surface area contributed by atoms with Gasteiger partial charge in [0, 0.05) is 43.4 Å². The zero-order valence-electron chi connectivity index (χ0n) is 9.39. The van der Waals surface area contributed by atoms with Crippen molar-refractivity contribution in [3.05, 3.63) is 47.4 Å². The Kier molecular flexibility index (Phi) is 6.69. The average molecular weight is 238 g/mol. The molecule has 0 atom stereocenters. The molecule has 3 nitrogen and oxygen atoms in total. The summed E-state index contributed by atoms with van der Waals surface area (Å²) in [6.07, 6.45) is 3.73. The van der Waals surface area contributed by atoms with Gasteiger partial charge in [0.25, 0.3) is 5.56 Å². The van der Waals surface area contributed by atoms with Crippen molar-refractivity contribution in [2.45, 2.75) is 6.54 Å². The van der Waals surface area contributed by atoms with Gasteiger partial charge in [-0.3, -0.25) is 4.79 Å². The predicted octanol–water partition coefficient (Wildman–Crippen LogP) is 1.36. The second-order valence-electron chi connectivity index (χ2n) is 3.35. The molecule has 88 valence electrons. The molecule has 0 saturated heterocycles. The smallest absolute Gasteiger partial charge is 0.250 e. The van der Waals surface area contributed by atoms with Crippen molar-refractivity contribution >= 4 is 11.8 Å². The second kappa shape index (κ2) is 8.19. The number of hydrogen-bond acceptors (Lipinski definition) is 3. The van der Waals surface area contributed by atoms with Crippen molar-refractivity contribution in [2.75, 3.05) is 24.6 Å². The molecule has 0 aliphatic rings. The van der Waals surface area contributed by atoms with Crippen LogP contribution in [-0.2, 0) is 6.54 Å². The monoisotopic (exact) mass is 238 g/mol. The van der Waals surface area contributed by atoms with Crippen LogP contribution in [0.3, 0.4) is 0 Å². The molecule has 1 aromatic heterocycles. The average Bonchev–Trinajstić information content (AvgIpc) is 2.30. The van der Waals surface area contributed by atoms with Gasteiger partial charge in [-0.05, 0) is 6.07 Å². The summed E-state index contributed by atoms with van der Waals surface area (Å²) in [5, 5.41) is 3.31. The van der Waals surface area contributed by atoms with Gasteiger partial charge in [-0.15, -0.1) is 6.58 Å². The minimum absolute atomic E-state index is 0.0605. The lowest BCUT2D eigenvalue weighted by Crippen LogP contribution is -2.27. The van der Waals surface area contributed by atoms with E-state index >= 15 is 0 Å². The van der Waals surface area contributed by atoms with Crippen LogP contribution >= 0.6 is 11.8 Å². The van der Waals surface area contributed by atoms with E-state index in [9.17, 15) is 4.79 Å². The highest BCUT2D eigenvalue weighted by Gasteiger charge is 1.93. The van der Waals surface area contributed by atoms with Gasteiger partial charge in [0.15, 0.2) is 0 Å². The molecule has 0 fully saturated rings. The van der Waals surface area contributed by atoms with Gasteiger partial charge in [-0.25, -0.2) is 0 Å². The Morgan fingerprint density at radius 3 is 3.06 bits per heavy atom. The van der Waals surface area contributed by atoms with Gasteiger partial charge in [-0.1, -0.05) is 12.1 Å². The maximum Gasteiger partial charge on any atom is 0.250 e. The van der Waals surface area contributed by atoms with E-state index in [2.05, 4.69) is 11.9 Å². The van der Waals surface area contributed by atoms with Crippen molar-refractivity contribution in [2.24, 2.45) is 0 Å². The number of pyridine rings is 1. The predicted molar refractivity (Wildman–Crippen MR) is 71.1 cm³/mol. The Balaban J connectivity index is 2.10. The van der Waals surface area contributed by atoms with Crippen LogP contribution in [0.1, 0.15) is 0 Å². The van der Waals surface area contributed by atoms with E-state index in [0.717, 1.165) is 31.1 Å². The molecule has 16 heavy (non-hydrogen) atoms. The number of rotatable bonds is 8. The van der Waals surface area contributed by atoms with Crippen LogP contribution in [0.15, 0.2) is 41.8 Å². The second-order valence-corrected chi connectivity index (χ2v) is 4.50. The minimum atomic E-state index is 0.0605. The minimum Gasteiger partial charge on any atom is -0.314 e. The van der Waals surface area contributed by atoms with Crippen LogP contribution in [0.5, 0.6) is 0 Å². The van der Waals surface area contributed by atoms with Crippen LogP contribution in [-0.4, -0.2) is 29.2 Å². The Bertz CT molecular complexity index is 362. The van der Waals surface area contributed by atoms with Gasteiger partial charge >= 0.3 is 0 Å². The SMILES string of the molecule is C=CCSCCNCCn1ccccc1=O. The summed E-state index contributed by atoms with van der Waals surface area (Å²) >= 11 is 1.85. The summed E-state index contributed by atoms with van der Waals surface area (Å²) in [7, 11) is 0. The maximum atomic E-state index is 11.3. The Hall–Kier alpha value is -1.00. The van der Waals surface area contributed by atoms with Gasteiger partial charge in [-0.2, -0.15) is 11.8 Å². The molecule has 1 heterocycles. The van der Waals surface area contributed by atoms with Crippen molar-refractivity contribution in [1.29, 1.82) is 0 Å². The van der Waals surface area contributed by atoms with Crippen LogP contribution in [0.4, 0.5) is 0 Å². The highest BCUT2D eigenvalue weighted by molar-refractivity contribution is 7.99. The lowest BCUT2D eigenvalue weighted by atomic mass is 10.4. The van der Waals surface area contributed by atoms with Crippen molar-refractivity contribution in [1.82, 2.24) is 9.88 Å². The molecule has 0 saturated carbocycles. The summed E-state index contributed by atoms with van der Waals surface area (Å²) < 4.78 is 1.71. The Morgan fingerprint density at radius 1 is 1.44 bits per heavy atom. The Labute approximate surface area is 101 Å². The lowest BCUT2D eigenvalue weighted by molar-refractivity contribution is 0.601. The largest absolute Gasteiger partial charge is 0.314 e.